The van der Waals surface area contributed by atoms with Gasteiger partial charge >= 0.3 is 0 Å². The second-order valence-electron chi connectivity index (χ2n) is 5.33. The summed E-state index contributed by atoms with van der Waals surface area (Å²) in [4.78, 5) is 11.8. The maximum Gasteiger partial charge on any atom is 0.240 e. The molecule has 1 aliphatic rings. The van der Waals surface area contributed by atoms with E-state index in [0.717, 1.165) is 0 Å². The third kappa shape index (κ3) is 4.69. The Balaban J connectivity index is 1.94. The van der Waals surface area contributed by atoms with Crippen molar-refractivity contribution < 1.29 is 13.2 Å². The van der Waals surface area contributed by atoms with Crippen molar-refractivity contribution >= 4 is 44.7 Å². The fourth-order valence-electron chi connectivity index (χ4n) is 2.33. The molecule has 22 heavy (non-hydrogen) atoms. The molecule has 1 saturated heterocycles. The van der Waals surface area contributed by atoms with Crippen LogP contribution in [0, 0.1) is 5.92 Å². The molecule has 1 atom stereocenters. The Bertz CT molecular complexity index is 717. The molecule has 0 aliphatic carbocycles. The van der Waals surface area contributed by atoms with E-state index in [4.69, 9.17) is 23.2 Å². The first-order valence-electron chi connectivity index (χ1n) is 6.76. The Hall–Kier alpha value is -1.11. The molecule has 1 fully saturated rings. The molecule has 1 aromatic rings. The van der Waals surface area contributed by atoms with Gasteiger partial charge < -0.3 is 0 Å². The van der Waals surface area contributed by atoms with Crippen LogP contribution in [0.3, 0.4) is 0 Å². The van der Waals surface area contributed by atoms with Crippen LogP contribution in [0.2, 0.25) is 10.0 Å². The molecule has 120 valence electrons. The van der Waals surface area contributed by atoms with Gasteiger partial charge in [-0.15, -0.1) is 0 Å². The zero-order chi connectivity index (χ0) is 16.3. The van der Waals surface area contributed by atoms with E-state index in [1.165, 1.54) is 0 Å². The van der Waals surface area contributed by atoms with Gasteiger partial charge in [0.2, 0.25) is 5.91 Å². The van der Waals surface area contributed by atoms with E-state index < -0.39 is 9.84 Å². The zero-order valence-corrected chi connectivity index (χ0v) is 14.3. The summed E-state index contributed by atoms with van der Waals surface area (Å²) in [6.45, 7) is 1.72. The summed E-state index contributed by atoms with van der Waals surface area (Å²) in [6.07, 6.45) is 0.686. The Kier molecular flexibility index (Phi) is 5.47. The van der Waals surface area contributed by atoms with Crippen LogP contribution in [-0.4, -0.2) is 31.5 Å². The van der Waals surface area contributed by atoms with E-state index >= 15 is 0 Å². The van der Waals surface area contributed by atoms with Crippen LogP contribution >= 0.6 is 23.2 Å². The number of carbonyl (C=O) groups excluding carboxylic acids is 1. The maximum absolute atomic E-state index is 11.8. The van der Waals surface area contributed by atoms with Gasteiger partial charge in [-0.2, -0.15) is 5.10 Å². The fraction of sp³-hybridized carbons (Fsp3) is 0.429. The van der Waals surface area contributed by atoms with E-state index in [0.29, 0.717) is 27.7 Å². The molecule has 0 saturated carbocycles. The summed E-state index contributed by atoms with van der Waals surface area (Å²) in [5.41, 5.74) is 3.67. The fourth-order valence-corrected chi connectivity index (χ4v) is 4.74. The normalized spacial score (nSPS) is 20.9. The SMILES string of the molecule is C/C(=N/NC(=O)C[C@@H]1CCS(=O)(=O)C1)c1ccc(Cl)cc1Cl. The van der Waals surface area contributed by atoms with Crippen molar-refractivity contribution in [3.05, 3.63) is 33.8 Å². The number of hydrogen-bond donors (Lipinski definition) is 1. The molecule has 0 unspecified atom stereocenters. The molecule has 1 heterocycles. The highest BCUT2D eigenvalue weighted by Crippen LogP contribution is 2.22. The number of halogens is 2. The molecule has 5 nitrogen and oxygen atoms in total. The summed E-state index contributed by atoms with van der Waals surface area (Å²) in [5, 5.41) is 4.97. The number of sulfone groups is 1. The smallest absolute Gasteiger partial charge is 0.240 e. The Morgan fingerprint density at radius 1 is 1.41 bits per heavy atom. The van der Waals surface area contributed by atoms with Crippen molar-refractivity contribution in [2.75, 3.05) is 11.5 Å². The van der Waals surface area contributed by atoms with E-state index in [1.54, 1.807) is 25.1 Å². The maximum atomic E-state index is 11.8. The molecule has 0 aromatic heterocycles. The number of amides is 1. The number of nitrogens with zero attached hydrogens (tertiary/aromatic N) is 1. The lowest BCUT2D eigenvalue weighted by Crippen LogP contribution is -2.22. The predicted octanol–water partition coefficient (Wildman–Crippen LogP) is 2.66. The number of nitrogens with one attached hydrogen (secondary N) is 1. The minimum Gasteiger partial charge on any atom is -0.273 e. The van der Waals surface area contributed by atoms with Gasteiger partial charge in [0, 0.05) is 17.0 Å². The van der Waals surface area contributed by atoms with Crippen LogP contribution < -0.4 is 5.43 Å². The zero-order valence-electron chi connectivity index (χ0n) is 12.0. The highest BCUT2D eigenvalue weighted by atomic mass is 35.5. The van der Waals surface area contributed by atoms with Crippen molar-refractivity contribution in [2.24, 2.45) is 11.0 Å². The lowest BCUT2D eigenvalue weighted by Gasteiger charge is -2.07. The number of hydrazone groups is 1. The highest BCUT2D eigenvalue weighted by Gasteiger charge is 2.29. The van der Waals surface area contributed by atoms with Crippen LogP contribution in [-0.2, 0) is 14.6 Å². The molecule has 8 heteroatoms. The largest absolute Gasteiger partial charge is 0.273 e. The Morgan fingerprint density at radius 3 is 2.73 bits per heavy atom. The summed E-state index contributed by atoms with van der Waals surface area (Å²) >= 11 is 11.9. The Labute approximate surface area is 139 Å². The topological polar surface area (TPSA) is 75.6 Å². The van der Waals surface area contributed by atoms with Crippen LogP contribution in [0.4, 0.5) is 0 Å². The quantitative estimate of drug-likeness (QED) is 0.660. The van der Waals surface area contributed by atoms with Gasteiger partial charge in [0.15, 0.2) is 9.84 Å². The molecular weight excluding hydrogens is 347 g/mol. The first-order valence-corrected chi connectivity index (χ1v) is 9.33. The first-order chi connectivity index (χ1) is 10.3. The van der Waals surface area contributed by atoms with Crippen LogP contribution in [0.25, 0.3) is 0 Å². The minimum absolute atomic E-state index is 0.0755. The number of rotatable bonds is 4. The van der Waals surface area contributed by atoms with Gasteiger partial charge in [0.05, 0.1) is 22.2 Å². The highest BCUT2D eigenvalue weighted by molar-refractivity contribution is 7.91. The van der Waals surface area contributed by atoms with Crippen molar-refractivity contribution in [3.8, 4) is 0 Å². The van der Waals surface area contributed by atoms with Gasteiger partial charge in [-0.25, -0.2) is 13.8 Å². The third-order valence-corrected chi connectivity index (χ3v) is 5.85. The molecule has 1 aromatic carbocycles. The van der Waals surface area contributed by atoms with Gasteiger partial charge in [-0.05, 0) is 31.4 Å². The number of benzene rings is 1. The van der Waals surface area contributed by atoms with Crippen molar-refractivity contribution in [3.63, 3.8) is 0 Å². The molecule has 0 spiro atoms. The average Bonchev–Trinajstić information content (AvgIpc) is 2.75. The van der Waals surface area contributed by atoms with Crippen molar-refractivity contribution in [1.82, 2.24) is 5.43 Å². The van der Waals surface area contributed by atoms with Crippen molar-refractivity contribution in [2.45, 2.75) is 19.8 Å². The standard InChI is InChI=1S/C14H16Cl2N2O3S/c1-9(12-3-2-11(15)7-13(12)16)17-18-14(19)6-10-4-5-22(20,21)8-10/h2-3,7,10H,4-6,8H2,1H3,(H,18,19)/b17-9-/t10-/m0/s1. The second kappa shape index (κ2) is 6.98. The molecule has 1 aliphatic heterocycles. The lowest BCUT2D eigenvalue weighted by atomic mass is 10.1. The van der Waals surface area contributed by atoms with Crippen LogP contribution in [0.5, 0.6) is 0 Å². The number of hydrogen-bond acceptors (Lipinski definition) is 4. The summed E-state index contributed by atoms with van der Waals surface area (Å²) in [7, 11) is -2.97. The summed E-state index contributed by atoms with van der Waals surface area (Å²) < 4.78 is 22.7. The monoisotopic (exact) mass is 362 g/mol. The summed E-state index contributed by atoms with van der Waals surface area (Å²) in [6, 6.07) is 5.01. The first kappa shape index (κ1) is 17.2. The summed E-state index contributed by atoms with van der Waals surface area (Å²) in [5.74, 6) is -0.189. The van der Waals surface area contributed by atoms with Crippen molar-refractivity contribution in [1.29, 1.82) is 0 Å². The van der Waals surface area contributed by atoms with E-state index in [9.17, 15) is 13.2 Å². The molecule has 1 amide bonds. The molecule has 0 radical (unpaired) electrons. The van der Waals surface area contributed by atoms with Gasteiger partial charge in [0.1, 0.15) is 0 Å². The van der Waals surface area contributed by atoms with E-state index in [-0.39, 0.29) is 29.8 Å². The van der Waals surface area contributed by atoms with Gasteiger partial charge in [-0.3, -0.25) is 4.79 Å². The average molecular weight is 363 g/mol. The van der Waals surface area contributed by atoms with E-state index in [2.05, 4.69) is 10.5 Å². The molecule has 1 N–H and O–H groups in total. The Morgan fingerprint density at radius 2 is 2.14 bits per heavy atom. The minimum atomic E-state index is -2.97. The van der Waals surface area contributed by atoms with Gasteiger partial charge in [-0.1, -0.05) is 29.3 Å². The lowest BCUT2D eigenvalue weighted by molar-refractivity contribution is -0.121. The van der Waals surface area contributed by atoms with Crippen LogP contribution in [0.1, 0.15) is 25.3 Å². The second-order valence-corrected chi connectivity index (χ2v) is 8.40. The molecule has 2 rings (SSSR count). The molecule has 0 bridgehead atoms. The van der Waals surface area contributed by atoms with E-state index in [1.807, 2.05) is 0 Å². The predicted molar refractivity (Wildman–Crippen MR) is 88.2 cm³/mol. The number of carbonyl (C=O) groups is 1. The molecular formula is C14H16Cl2N2O3S. The van der Waals surface area contributed by atoms with Gasteiger partial charge in [0.25, 0.3) is 0 Å². The van der Waals surface area contributed by atoms with Crippen LogP contribution in [0.15, 0.2) is 23.3 Å². The third-order valence-electron chi connectivity index (χ3n) is 3.47.